The first-order valence-electron chi connectivity index (χ1n) is 9.34. The molecule has 0 aliphatic heterocycles. The van der Waals surface area contributed by atoms with Crippen molar-refractivity contribution in [2.45, 2.75) is 26.8 Å². The van der Waals surface area contributed by atoms with Crippen molar-refractivity contribution in [2.75, 3.05) is 6.61 Å². The third-order valence-electron chi connectivity index (χ3n) is 4.56. The number of rotatable bonds is 7. The Morgan fingerprint density at radius 1 is 1.14 bits per heavy atom. The van der Waals surface area contributed by atoms with E-state index in [-0.39, 0.29) is 18.3 Å². The van der Waals surface area contributed by atoms with E-state index in [1.807, 2.05) is 49.4 Å². The fourth-order valence-corrected chi connectivity index (χ4v) is 3.32. The molecule has 0 aliphatic carbocycles. The summed E-state index contributed by atoms with van der Waals surface area (Å²) in [5, 5.41) is 13.2. The molecule has 2 aromatic carbocycles. The van der Waals surface area contributed by atoms with Crippen LogP contribution in [0, 0.1) is 13.8 Å². The minimum atomic E-state index is -0.304. The zero-order valence-corrected chi connectivity index (χ0v) is 17.2. The molecule has 1 amide bonds. The van der Waals surface area contributed by atoms with Crippen LogP contribution in [0.3, 0.4) is 0 Å². The summed E-state index contributed by atoms with van der Waals surface area (Å²) in [6.07, 6.45) is 0.679. The number of carbonyl (C=O) groups excluding carboxylic acids is 1. The van der Waals surface area contributed by atoms with Crippen LogP contribution in [0.15, 0.2) is 54.6 Å². The van der Waals surface area contributed by atoms with Gasteiger partial charge in [-0.1, -0.05) is 35.9 Å². The molecule has 0 aliphatic rings. The minimum Gasteiger partial charge on any atom is -0.493 e. The van der Waals surface area contributed by atoms with Gasteiger partial charge in [0.15, 0.2) is 0 Å². The van der Waals surface area contributed by atoms with E-state index < -0.39 is 0 Å². The van der Waals surface area contributed by atoms with Gasteiger partial charge in [-0.05, 0) is 55.3 Å². The smallest absolute Gasteiger partial charge is 0.253 e. The van der Waals surface area contributed by atoms with E-state index in [4.69, 9.17) is 16.3 Å². The molecule has 6 heteroatoms. The van der Waals surface area contributed by atoms with Gasteiger partial charge in [-0.2, -0.15) is 0 Å². The number of carbonyl (C=O) groups is 1. The number of ether oxygens (including phenoxy) is 1. The SMILES string of the molecule is Cc1cc(C)c(CNC(=O)c2ccc(CCOc3ccccc3)cc2Cl)c(O)n1. The van der Waals surface area contributed by atoms with Crippen LogP contribution < -0.4 is 10.1 Å². The average molecular weight is 411 g/mol. The molecular weight excluding hydrogens is 388 g/mol. The molecule has 0 spiro atoms. The van der Waals surface area contributed by atoms with Crippen molar-refractivity contribution >= 4 is 17.5 Å². The molecule has 5 nitrogen and oxygen atoms in total. The van der Waals surface area contributed by atoms with E-state index in [2.05, 4.69) is 10.3 Å². The maximum atomic E-state index is 12.5. The molecule has 29 heavy (non-hydrogen) atoms. The van der Waals surface area contributed by atoms with E-state index in [1.165, 1.54) is 0 Å². The number of pyridine rings is 1. The second-order valence-electron chi connectivity index (χ2n) is 6.79. The molecule has 0 bridgehead atoms. The van der Waals surface area contributed by atoms with E-state index in [1.54, 1.807) is 19.1 Å². The van der Waals surface area contributed by atoms with Crippen LogP contribution in [0.4, 0.5) is 0 Å². The second-order valence-corrected chi connectivity index (χ2v) is 7.20. The van der Waals surface area contributed by atoms with Crippen molar-refractivity contribution in [2.24, 2.45) is 0 Å². The first kappa shape index (κ1) is 20.7. The third kappa shape index (κ3) is 5.48. The Morgan fingerprint density at radius 3 is 2.59 bits per heavy atom. The lowest BCUT2D eigenvalue weighted by atomic mass is 10.1. The summed E-state index contributed by atoms with van der Waals surface area (Å²) in [6, 6.07) is 16.8. The number of nitrogens with one attached hydrogen (secondary N) is 1. The predicted octanol–water partition coefficient (Wildman–Crippen LogP) is 4.61. The number of aromatic hydroxyl groups is 1. The van der Waals surface area contributed by atoms with E-state index >= 15 is 0 Å². The molecule has 0 radical (unpaired) electrons. The van der Waals surface area contributed by atoms with Gasteiger partial charge in [-0.25, -0.2) is 4.98 Å². The first-order chi connectivity index (χ1) is 13.9. The standard InChI is InChI=1S/C23H23ClN2O3/c1-15-12-16(2)26-23(28)20(15)14-25-22(27)19-9-8-17(13-21(19)24)10-11-29-18-6-4-3-5-7-18/h3-9,12-13H,10-11,14H2,1-2H3,(H,25,27)(H,26,28). The maximum Gasteiger partial charge on any atom is 0.253 e. The Hall–Kier alpha value is -3.05. The largest absolute Gasteiger partial charge is 0.493 e. The molecule has 150 valence electrons. The van der Waals surface area contributed by atoms with Gasteiger partial charge >= 0.3 is 0 Å². The number of halogens is 1. The molecule has 0 unspecified atom stereocenters. The highest BCUT2D eigenvalue weighted by Gasteiger charge is 2.14. The van der Waals surface area contributed by atoms with Crippen LogP contribution in [0.5, 0.6) is 11.6 Å². The molecule has 0 saturated carbocycles. The van der Waals surface area contributed by atoms with Gasteiger partial charge in [0.05, 0.1) is 17.2 Å². The predicted molar refractivity (Wildman–Crippen MR) is 114 cm³/mol. The molecule has 3 aromatic rings. The quantitative estimate of drug-likeness (QED) is 0.596. The maximum absolute atomic E-state index is 12.5. The van der Waals surface area contributed by atoms with E-state index in [9.17, 15) is 9.90 Å². The van der Waals surface area contributed by atoms with Crippen LogP contribution in [-0.2, 0) is 13.0 Å². The highest BCUT2D eigenvalue weighted by Crippen LogP contribution is 2.21. The zero-order valence-electron chi connectivity index (χ0n) is 16.4. The molecule has 1 heterocycles. The Morgan fingerprint density at radius 2 is 1.90 bits per heavy atom. The summed E-state index contributed by atoms with van der Waals surface area (Å²) < 4.78 is 5.69. The highest BCUT2D eigenvalue weighted by atomic mass is 35.5. The van der Waals surface area contributed by atoms with Crippen LogP contribution in [-0.4, -0.2) is 22.6 Å². The average Bonchev–Trinajstić information content (AvgIpc) is 2.68. The van der Waals surface area contributed by atoms with Gasteiger partial charge in [0.25, 0.3) is 5.91 Å². The molecule has 0 saturated heterocycles. The monoisotopic (exact) mass is 410 g/mol. The summed E-state index contributed by atoms with van der Waals surface area (Å²) >= 11 is 6.32. The van der Waals surface area contributed by atoms with Gasteiger partial charge in [-0.3, -0.25) is 4.79 Å². The summed E-state index contributed by atoms with van der Waals surface area (Å²) in [4.78, 5) is 16.5. The minimum absolute atomic E-state index is 0.0670. The third-order valence-corrected chi connectivity index (χ3v) is 4.87. The lowest BCUT2D eigenvalue weighted by Gasteiger charge is -2.12. The number of hydrogen-bond acceptors (Lipinski definition) is 4. The van der Waals surface area contributed by atoms with Gasteiger partial charge < -0.3 is 15.2 Å². The van der Waals surface area contributed by atoms with Gasteiger partial charge in [0, 0.05) is 24.2 Å². The Balaban J connectivity index is 1.58. The van der Waals surface area contributed by atoms with Gasteiger partial charge in [0.1, 0.15) is 5.75 Å². The topological polar surface area (TPSA) is 71.5 Å². The Labute approximate surface area is 175 Å². The van der Waals surface area contributed by atoms with Crippen LogP contribution in [0.2, 0.25) is 5.02 Å². The van der Waals surface area contributed by atoms with Crippen molar-refractivity contribution in [3.63, 3.8) is 0 Å². The summed E-state index contributed by atoms with van der Waals surface area (Å²) in [5.74, 6) is 0.447. The number of amides is 1. The summed E-state index contributed by atoms with van der Waals surface area (Å²) in [5.41, 5.74) is 3.56. The number of para-hydroxylation sites is 1. The normalized spacial score (nSPS) is 10.6. The molecule has 2 N–H and O–H groups in total. The van der Waals surface area contributed by atoms with Crippen LogP contribution in [0.1, 0.15) is 32.7 Å². The van der Waals surface area contributed by atoms with Crippen molar-refractivity contribution < 1.29 is 14.6 Å². The lowest BCUT2D eigenvalue weighted by Crippen LogP contribution is -2.24. The molecule has 3 rings (SSSR count). The fourth-order valence-electron chi connectivity index (χ4n) is 3.03. The number of nitrogens with zero attached hydrogens (tertiary/aromatic N) is 1. The number of aromatic nitrogens is 1. The highest BCUT2D eigenvalue weighted by molar-refractivity contribution is 6.33. The Kier molecular flexibility index (Phi) is 6.73. The fraction of sp³-hybridized carbons (Fsp3) is 0.217. The number of hydrogen-bond donors (Lipinski definition) is 2. The summed E-state index contributed by atoms with van der Waals surface area (Å²) in [6.45, 7) is 4.37. The molecule has 0 fully saturated rings. The van der Waals surface area contributed by atoms with Crippen LogP contribution in [0.25, 0.3) is 0 Å². The number of benzene rings is 2. The van der Waals surface area contributed by atoms with E-state index in [0.29, 0.717) is 29.2 Å². The first-order valence-corrected chi connectivity index (χ1v) is 9.72. The van der Waals surface area contributed by atoms with E-state index in [0.717, 1.165) is 22.6 Å². The van der Waals surface area contributed by atoms with Crippen molar-refractivity contribution in [3.05, 3.63) is 87.6 Å². The molecule has 0 atom stereocenters. The lowest BCUT2D eigenvalue weighted by molar-refractivity contribution is 0.0951. The molecular formula is C23H23ClN2O3. The molecule has 1 aromatic heterocycles. The summed E-state index contributed by atoms with van der Waals surface area (Å²) in [7, 11) is 0. The Bertz CT molecular complexity index is 983. The van der Waals surface area contributed by atoms with Crippen molar-refractivity contribution in [1.82, 2.24) is 10.3 Å². The van der Waals surface area contributed by atoms with Crippen molar-refractivity contribution in [1.29, 1.82) is 0 Å². The second kappa shape index (κ2) is 9.43. The zero-order chi connectivity index (χ0) is 20.8. The number of aryl methyl sites for hydroxylation is 2. The van der Waals surface area contributed by atoms with Gasteiger partial charge in [-0.15, -0.1) is 0 Å². The van der Waals surface area contributed by atoms with Crippen LogP contribution >= 0.6 is 11.6 Å². The van der Waals surface area contributed by atoms with Crippen molar-refractivity contribution in [3.8, 4) is 11.6 Å². The van der Waals surface area contributed by atoms with Gasteiger partial charge in [0.2, 0.25) is 5.88 Å².